The molecular formula is C21H32O2. The number of hydrogen-bond donors (Lipinski definition) is 0. The Hall–Kier alpha value is -0.530. The third-order valence-corrected chi connectivity index (χ3v) is 9.29. The molecule has 8 unspecified atom stereocenters. The topological polar surface area (TPSA) is 26.3 Å². The van der Waals surface area contributed by atoms with Gasteiger partial charge in [0.25, 0.3) is 0 Å². The highest BCUT2D eigenvalue weighted by atomic mass is 16.6. The summed E-state index contributed by atoms with van der Waals surface area (Å²) in [6, 6.07) is 0. The van der Waals surface area contributed by atoms with Crippen LogP contribution in [0.25, 0.3) is 0 Å². The minimum atomic E-state index is -0.339. The molecule has 0 aromatic rings. The predicted octanol–water partition coefficient (Wildman–Crippen LogP) is 4.82. The summed E-state index contributed by atoms with van der Waals surface area (Å²) in [6.45, 7) is 8.51. The van der Waals surface area contributed by atoms with E-state index in [1.165, 1.54) is 38.5 Å². The predicted molar refractivity (Wildman–Crippen MR) is 89.6 cm³/mol. The van der Waals surface area contributed by atoms with Crippen molar-refractivity contribution in [1.82, 2.24) is 0 Å². The normalized spacial score (nSPS) is 55.5. The quantitative estimate of drug-likeness (QED) is 0.698. The summed E-state index contributed by atoms with van der Waals surface area (Å²) in [5.74, 6) is 5.18. The maximum Gasteiger partial charge on any atom is 0.312 e. The molecule has 2 nitrogen and oxygen atoms in total. The van der Waals surface area contributed by atoms with Crippen LogP contribution in [0.2, 0.25) is 0 Å². The molecule has 6 rings (SSSR count). The van der Waals surface area contributed by atoms with Gasteiger partial charge in [-0.15, -0.1) is 0 Å². The van der Waals surface area contributed by atoms with Crippen LogP contribution in [0, 0.1) is 46.3 Å². The highest BCUT2D eigenvalue weighted by Crippen LogP contribution is 2.80. The SMILES string of the molecule is CCC(C)(C)C(=O)OC1(C)C2CC3C4CC5CC(C4)C1C3(C5)C2. The van der Waals surface area contributed by atoms with Crippen LogP contribution in [0.5, 0.6) is 0 Å². The Morgan fingerprint density at radius 3 is 2.61 bits per heavy atom. The van der Waals surface area contributed by atoms with E-state index in [0.29, 0.717) is 17.3 Å². The van der Waals surface area contributed by atoms with Crippen LogP contribution < -0.4 is 0 Å². The minimum Gasteiger partial charge on any atom is -0.458 e. The molecule has 6 fully saturated rings. The maximum absolute atomic E-state index is 12.9. The van der Waals surface area contributed by atoms with E-state index < -0.39 is 0 Å². The first-order valence-electron chi connectivity index (χ1n) is 10.0. The number of ether oxygens (including phenoxy) is 1. The van der Waals surface area contributed by atoms with Gasteiger partial charge in [0.1, 0.15) is 5.60 Å². The number of esters is 1. The number of hydrogen-bond acceptors (Lipinski definition) is 2. The zero-order valence-electron chi connectivity index (χ0n) is 15.2. The van der Waals surface area contributed by atoms with Gasteiger partial charge in [0.2, 0.25) is 0 Å². The summed E-state index contributed by atoms with van der Waals surface area (Å²) < 4.78 is 6.42. The van der Waals surface area contributed by atoms with E-state index in [2.05, 4.69) is 13.8 Å². The largest absolute Gasteiger partial charge is 0.458 e. The van der Waals surface area contributed by atoms with Crippen molar-refractivity contribution in [2.75, 3.05) is 0 Å². The fourth-order valence-electron chi connectivity index (χ4n) is 8.28. The molecule has 128 valence electrons. The first kappa shape index (κ1) is 14.8. The monoisotopic (exact) mass is 316 g/mol. The molecule has 0 radical (unpaired) electrons. The van der Waals surface area contributed by atoms with Gasteiger partial charge in [-0.3, -0.25) is 4.79 Å². The van der Waals surface area contributed by atoms with Crippen molar-refractivity contribution in [2.24, 2.45) is 46.3 Å². The Morgan fingerprint density at radius 2 is 1.87 bits per heavy atom. The average molecular weight is 316 g/mol. The summed E-state index contributed by atoms with van der Waals surface area (Å²) in [6.07, 6.45) is 9.40. The van der Waals surface area contributed by atoms with Crippen LogP contribution in [0.3, 0.4) is 0 Å². The second-order valence-corrected chi connectivity index (χ2v) is 10.6. The number of carbonyl (C=O) groups excluding carboxylic acids is 1. The second kappa shape index (κ2) is 4.17. The average Bonchev–Trinajstić information content (AvgIpc) is 2.97. The Bertz CT molecular complexity index is 566. The van der Waals surface area contributed by atoms with Gasteiger partial charge < -0.3 is 4.74 Å². The maximum atomic E-state index is 12.9. The molecule has 23 heavy (non-hydrogen) atoms. The Balaban J connectivity index is 1.51. The molecule has 0 N–H and O–H groups in total. The van der Waals surface area contributed by atoms with E-state index in [1.54, 1.807) is 0 Å². The molecule has 6 saturated carbocycles. The molecule has 6 aliphatic rings. The van der Waals surface area contributed by atoms with Gasteiger partial charge in [0.15, 0.2) is 0 Å². The summed E-state index contributed by atoms with van der Waals surface area (Å²) >= 11 is 0. The lowest BCUT2D eigenvalue weighted by Crippen LogP contribution is -2.63. The Labute approximate surface area is 140 Å². The van der Waals surface area contributed by atoms with Gasteiger partial charge in [-0.25, -0.2) is 0 Å². The summed E-state index contributed by atoms with van der Waals surface area (Å²) in [5.41, 5.74) is 0.0522. The molecule has 8 atom stereocenters. The van der Waals surface area contributed by atoms with Crippen LogP contribution in [-0.4, -0.2) is 11.6 Å². The van der Waals surface area contributed by atoms with Gasteiger partial charge in [0, 0.05) is 5.92 Å². The molecule has 1 spiro atoms. The van der Waals surface area contributed by atoms with E-state index in [9.17, 15) is 4.79 Å². The van der Waals surface area contributed by atoms with Crippen molar-refractivity contribution in [2.45, 2.75) is 78.2 Å². The molecule has 0 saturated heterocycles. The second-order valence-electron chi connectivity index (χ2n) is 10.6. The third-order valence-electron chi connectivity index (χ3n) is 9.29. The van der Waals surface area contributed by atoms with Crippen molar-refractivity contribution in [3.05, 3.63) is 0 Å². The highest BCUT2D eigenvalue weighted by Gasteiger charge is 2.76. The van der Waals surface area contributed by atoms with Crippen molar-refractivity contribution in [3.8, 4) is 0 Å². The fraction of sp³-hybridized carbons (Fsp3) is 0.952. The van der Waals surface area contributed by atoms with Gasteiger partial charge in [-0.1, -0.05) is 6.92 Å². The Kier molecular flexibility index (Phi) is 2.68. The summed E-state index contributed by atoms with van der Waals surface area (Å²) in [4.78, 5) is 12.9. The number of fused-ring (bicyclic) bond motifs is 1. The Morgan fingerprint density at radius 1 is 1.13 bits per heavy atom. The zero-order chi connectivity index (χ0) is 16.2. The van der Waals surface area contributed by atoms with Gasteiger partial charge in [-0.2, -0.15) is 0 Å². The molecule has 6 aliphatic carbocycles. The summed E-state index contributed by atoms with van der Waals surface area (Å²) in [5, 5.41) is 0. The van der Waals surface area contributed by atoms with Crippen LogP contribution in [0.1, 0.15) is 72.6 Å². The van der Waals surface area contributed by atoms with Crippen LogP contribution in [0.15, 0.2) is 0 Å². The fourth-order valence-corrected chi connectivity index (χ4v) is 8.28. The molecular weight excluding hydrogens is 284 g/mol. The molecule has 2 heteroatoms. The van der Waals surface area contributed by atoms with Gasteiger partial charge in [0.05, 0.1) is 5.41 Å². The molecule has 0 aromatic carbocycles. The van der Waals surface area contributed by atoms with E-state index in [0.717, 1.165) is 30.1 Å². The molecule has 0 amide bonds. The van der Waals surface area contributed by atoms with Gasteiger partial charge in [-0.05, 0) is 101 Å². The molecule has 0 heterocycles. The standard InChI is InChI=1S/C21H32O2/c1-5-19(2,3)18(22)23-20(4)15-9-16-13-6-12-7-14(8-13)17(20)21(16,10-12)11-15/h12-17H,5-11H2,1-4H3. The van der Waals surface area contributed by atoms with Gasteiger partial charge >= 0.3 is 5.97 Å². The third kappa shape index (κ3) is 1.59. The number of rotatable bonds is 3. The minimum absolute atomic E-state index is 0.0526. The van der Waals surface area contributed by atoms with E-state index in [4.69, 9.17) is 4.74 Å². The van der Waals surface area contributed by atoms with Crippen LogP contribution in [-0.2, 0) is 9.53 Å². The van der Waals surface area contributed by atoms with E-state index in [1.807, 2.05) is 13.8 Å². The lowest BCUT2D eigenvalue weighted by atomic mass is 9.40. The van der Waals surface area contributed by atoms with E-state index in [-0.39, 0.29) is 17.0 Å². The van der Waals surface area contributed by atoms with Crippen molar-refractivity contribution < 1.29 is 9.53 Å². The first-order chi connectivity index (χ1) is 10.8. The zero-order valence-corrected chi connectivity index (χ0v) is 15.2. The molecule has 5 bridgehead atoms. The van der Waals surface area contributed by atoms with E-state index >= 15 is 0 Å². The lowest BCUT2D eigenvalue weighted by molar-refractivity contribution is -0.228. The molecule has 0 aliphatic heterocycles. The first-order valence-corrected chi connectivity index (χ1v) is 10.0. The molecule has 0 aromatic heterocycles. The van der Waals surface area contributed by atoms with Crippen LogP contribution in [0.4, 0.5) is 0 Å². The highest BCUT2D eigenvalue weighted by molar-refractivity contribution is 5.76. The van der Waals surface area contributed by atoms with Crippen molar-refractivity contribution in [1.29, 1.82) is 0 Å². The summed E-state index contributed by atoms with van der Waals surface area (Å²) in [7, 11) is 0. The van der Waals surface area contributed by atoms with Crippen molar-refractivity contribution in [3.63, 3.8) is 0 Å². The van der Waals surface area contributed by atoms with Crippen LogP contribution >= 0.6 is 0 Å². The lowest BCUT2D eigenvalue weighted by Gasteiger charge is -2.66. The smallest absolute Gasteiger partial charge is 0.312 e. The van der Waals surface area contributed by atoms with Crippen molar-refractivity contribution >= 4 is 5.97 Å². The number of carbonyl (C=O) groups is 1.